The van der Waals surface area contributed by atoms with Gasteiger partial charge in [0.15, 0.2) is 7.37 Å². The standard InChI is InChI=1S/C19H34NO2P/c1-6-22-23(5,21)15-11-9-7-8-10-12-18-14-13-17(2)19(16-18)20(3)4/h13-14,16H,6-12,15H2,1-5H3. The smallest absolute Gasteiger partial charge is 0.200 e. The van der Waals surface area contributed by atoms with Gasteiger partial charge in [-0.05, 0) is 50.3 Å². The van der Waals surface area contributed by atoms with Gasteiger partial charge in [0.25, 0.3) is 0 Å². The molecule has 0 heterocycles. The van der Waals surface area contributed by atoms with Gasteiger partial charge in [0.2, 0.25) is 0 Å². The van der Waals surface area contributed by atoms with E-state index in [-0.39, 0.29) is 0 Å². The fourth-order valence-corrected chi connectivity index (χ4v) is 4.36. The predicted molar refractivity (Wildman–Crippen MR) is 102 cm³/mol. The van der Waals surface area contributed by atoms with Crippen LogP contribution < -0.4 is 4.90 Å². The molecule has 0 amide bonds. The van der Waals surface area contributed by atoms with Gasteiger partial charge in [0.1, 0.15) is 0 Å². The molecular weight excluding hydrogens is 305 g/mol. The van der Waals surface area contributed by atoms with Crippen LogP contribution in [0.15, 0.2) is 18.2 Å². The molecular formula is C19H34NO2P. The van der Waals surface area contributed by atoms with Crippen molar-refractivity contribution in [2.45, 2.75) is 52.4 Å². The Morgan fingerprint density at radius 3 is 2.39 bits per heavy atom. The number of hydrogen-bond donors (Lipinski definition) is 0. The number of nitrogens with zero attached hydrogens (tertiary/aromatic N) is 1. The first kappa shape index (κ1) is 20.3. The second-order valence-electron chi connectivity index (χ2n) is 6.69. The monoisotopic (exact) mass is 339 g/mol. The normalized spacial score (nSPS) is 13.8. The second kappa shape index (κ2) is 10.2. The number of hydrogen-bond acceptors (Lipinski definition) is 3. The van der Waals surface area contributed by atoms with Crippen LogP contribution in [0, 0.1) is 6.92 Å². The molecule has 0 N–H and O–H groups in total. The van der Waals surface area contributed by atoms with Crippen molar-refractivity contribution in [3.8, 4) is 0 Å². The van der Waals surface area contributed by atoms with E-state index in [0.717, 1.165) is 25.4 Å². The van der Waals surface area contributed by atoms with E-state index in [4.69, 9.17) is 4.52 Å². The van der Waals surface area contributed by atoms with Gasteiger partial charge in [-0.25, -0.2) is 0 Å². The molecule has 3 nitrogen and oxygen atoms in total. The van der Waals surface area contributed by atoms with Crippen molar-refractivity contribution in [3.63, 3.8) is 0 Å². The molecule has 0 aliphatic carbocycles. The Labute approximate surface area is 142 Å². The van der Waals surface area contributed by atoms with Crippen molar-refractivity contribution < 1.29 is 9.09 Å². The molecule has 1 atom stereocenters. The molecule has 0 bridgehead atoms. The summed E-state index contributed by atoms with van der Waals surface area (Å²) in [5.41, 5.74) is 4.07. The van der Waals surface area contributed by atoms with Crippen LogP contribution in [0.4, 0.5) is 5.69 Å². The van der Waals surface area contributed by atoms with Gasteiger partial charge >= 0.3 is 0 Å². The van der Waals surface area contributed by atoms with Crippen LogP contribution in [0.1, 0.15) is 50.2 Å². The van der Waals surface area contributed by atoms with Gasteiger partial charge in [0, 0.05) is 32.6 Å². The van der Waals surface area contributed by atoms with E-state index in [1.165, 1.54) is 36.1 Å². The average Bonchev–Trinajstić information content (AvgIpc) is 2.47. The maximum Gasteiger partial charge on any atom is 0.200 e. The Balaban J connectivity index is 2.21. The van der Waals surface area contributed by atoms with Crippen LogP contribution in [0.25, 0.3) is 0 Å². The summed E-state index contributed by atoms with van der Waals surface area (Å²) in [4.78, 5) is 2.18. The zero-order valence-corrected chi connectivity index (χ0v) is 16.5. The Kier molecular flexibility index (Phi) is 8.94. The third kappa shape index (κ3) is 8.04. The van der Waals surface area contributed by atoms with Crippen molar-refractivity contribution >= 4 is 13.1 Å². The summed E-state index contributed by atoms with van der Waals surface area (Å²) in [6, 6.07) is 6.78. The van der Waals surface area contributed by atoms with Gasteiger partial charge in [-0.1, -0.05) is 31.4 Å². The molecule has 1 unspecified atom stereocenters. The van der Waals surface area contributed by atoms with Crippen molar-refractivity contribution in [2.75, 3.05) is 38.4 Å². The zero-order chi connectivity index (χ0) is 17.3. The fourth-order valence-electron chi connectivity index (χ4n) is 2.89. The van der Waals surface area contributed by atoms with Gasteiger partial charge in [0.05, 0.1) is 6.61 Å². The van der Waals surface area contributed by atoms with Gasteiger partial charge < -0.3 is 9.42 Å². The molecule has 4 heteroatoms. The fraction of sp³-hybridized carbons (Fsp3) is 0.684. The first-order chi connectivity index (χ1) is 10.9. The van der Waals surface area contributed by atoms with Gasteiger partial charge in [-0.3, -0.25) is 4.57 Å². The van der Waals surface area contributed by atoms with Crippen LogP contribution in [0.2, 0.25) is 0 Å². The minimum atomic E-state index is -2.32. The van der Waals surface area contributed by atoms with Gasteiger partial charge in [-0.2, -0.15) is 0 Å². The van der Waals surface area contributed by atoms with E-state index in [1.54, 1.807) is 6.66 Å². The molecule has 0 spiro atoms. The molecule has 0 saturated carbocycles. The second-order valence-corrected chi connectivity index (χ2v) is 9.42. The number of rotatable bonds is 11. The molecule has 0 saturated heterocycles. The number of anilines is 1. The van der Waals surface area contributed by atoms with Gasteiger partial charge in [-0.15, -0.1) is 0 Å². The third-order valence-corrected chi connectivity index (χ3v) is 6.12. The molecule has 1 aromatic rings. The summed E-state index contributed by atoms with van der Waals surface area (Å²) in [6.45, 7) is 6.38. The molecule has 132 valence electrons. The summed E-state index contributed by atoms with van der Waals surface area (Å²) in [5.74, 6) is 0. The van der Waals surface area contributed by atoms with E-state index in [2.05, 4.69) is 44.1 Å². The summed E-state index contributed by atoms with van der Waals surface area (Å²) in [5, 5.41) is 0. The highest BCUT2D eigenvalue weighted by atomic mass is 31.2. The SMILES string of the molecule is CCOP(C)(=O)CCCCCCCc1ccc(C)c(N(C)C)c1. The molecule has 0 aliphatic heterocycles. The molecule has 0 fully saturated rings. The first-order valence-electron chi connectivity index (χ1n) is 8.83. The van der Waals surface area contributed by atoms with Crippen LogP contribution in [-0.2, 0) is 15.5 Å². The topological polar surface area (TPSA) is 29.5 Å². The maximum atomic E-state index is 12.0. The Morgan fingerprint density at radius 2 is 1.74 bits per heavy atom. The highest BCUT2D eigenvalue weighted by molar-refractivity contribution is 7.58. The van der Waals surface area contributed by atoms with Crippen molar-refractivity contribution in [3.05, 3.63) is 29.3 Å². The lowest BCUT2D eigenvalue weighted by Crippen LogP contribution is -2.10. The Morgan fingerprint density at radius 1 is 1.09 bits per heavy atom. The highest BCUT2D eigenvalue weighted by Crippen LogP contribution is 2.43. The van der Waals surface area contributed by atoms with Crippen LogP contribution in [0.5, 0.6) is 0 Å². The summed E-state index contributed by atoms with van der Waals surface area (Å²) < 4.78 is 17.3. The van der Waals surface area contributed by atoms with Crippen molar-refractivity contribution in [2.24, 2.45) is 0 Å². The summed E-state index contributed by atoms with van der Waals surface area (Å²) in [6.07, 6.45) is 7.74. The van der Waals surface area contributed by atoms with Crippen LogP contribution in [-0.4, -0.2) is 33.5 Å². The largest absolute Gasteiger partial charge is 0.377 e. The van der Waals surface area contributed by atoms with Crippen molar-refractivity contribution in [1.82, 2.24) is 0 Å². The third-order valence-electron chi connectivity index (χ3n) is 4.19. The summed E-state index contributed by atoms with van der Waals surface area (Å²) >= 11 is 0. The van der Waals surface area contributed by atoms with E-state index in [9.17, 15) is 4.57 Å². The van der Waals surface area contributed by atoms with Crippen LogP contribution >= 0.6 is 7.37 Å². The van der Waals surface area contributed by atoms with E-state index in [0.29, 0.717) is 6.61 Å². The van der Waals surface area contributed by atoms with Crippen LogP contribution in [0.3, 0.4) is 0 Å². The predicted octanol–water partition coefficient (Wildman–Crippen LogP) is 5.50. The van der Waals surface area contributed by atoms with E-state index in [1.807, 2.05) is 6.92 Å². The molecule has 0 aliphatic rings. The van der Waals surface area contributed by atoms with Crippen molar-refractivity contribution in [1.29, 1.82) is 0 Å². The number of aryl methyl sites for hydroxylation is 2. The van der Waals surface area contributed by atoms with E-state index < -0.39 is 7.37 Å². The minimum absolute atomic E-state index is 0.555. The number of unbranched alkanes of at least 4 members (excludes halogenated alkanes) is 4. The highest BCUT2D eigenvalue weighted by Gasteiger charge is 2.13. The molecule has 1 rings (SSSR count). The average molecular weight is 339 g/mol. The molecule has 0 radical (unpaired) electrons. The molecule has 1 aromatic carbocycles. The quantitative estimate of drug-likeness (QED) is 0.394. The minimum Gasteiger partial charge on any atom is -0.377 e. The Bertz CT molecular complexity index is 514. The first-order valence-corrected chi connectivity index (χ1v) is 11.1. The number of benzene rings is 1. The molecule has 23 heavy (non-hydrogen) atoms. The maximum absolute atomic E-state index is 12.0. The Hall–Kier alpha value is -0.790. The summed E-state index contributed by atoms with van der Waals surface area (Å²) in [7, 11) is 1.88. The molecule has 0 aromatic heterocycles. The lowest BCUT2D eigenvalue weighted by molar-refractivity contribution is 0.336. The lowest BCUT2D eigenvalue weighted by atomic mass is 10.0. The lowest BCUT2D eigenvalue weighted by Gasteiger charge is -2.17. The zero-order valence-electron chi connectivity index (χ0n) is 15.6. The van der Waals surface area contributed by atoms with E-state index >= 15 is 0 Å².